The zero-order valence-electron chi connectivity index (χ0n) is 18.5. The molecule has 0 atom stereocenters. The van der Waals surface area contributed by atoms with Crippen molar-refractivity contribution in [2.45, 2.75) is 37.9 Å². The number of anilines is 2. The smallest absolute Gasteiger partial charge is 0.388 e. The molecule has 0 aliphatic carbocycles. The molecule has 4 N–H and O–H groups in total. The van der Waals surface area contributed by atoms with E-state index in [1.54, 1.807) is 7.05 Å². The highest BCUT2D eigenvalue weighted by Crippen LogP contribution is 2.23. The number of benzene rings is 1. The summed E-state index contributed by atoms with van der Waals surface area (Å²) in [7, 11) is 1.61. The van der Waals surface area contributed by atoms with Crippen LogP contribution >= 0.6 is 0 Å². The van der Waals surface area contributed by atoms with Crippen LogP contribution in [-0.4, -0.2) is 86.5 Å². The predicted molar refractivity (Wildman–Crippen MR) is 121 cm³/mol. The Balaban J connectivity index is 1.48. The van der Waals surface area contributed by atoms with E-state index >= 15 is 0 Å². The van der Waals surface area contributed by atoms with Gasteiger partial charge >= 0.3 is 6.18 Å². The summed E-state index contributed by atoms with van der Waals surface area (Å²) < 4.78 is 37.3. The van der Waals surface area contributed by atoms with E-state index in [1.165, 1.54) is 44.1 Å². The van der Waals surface area contributed by atoms with Crippen molar-refractivity contribution in [2.24, 2.45) is 0 Å². The fourth-order valence-corrected chi connectivity index (χ4v) is 4.25. The van der Waals surface area contributed by atoms with Gasteiger partial charge in [-0.05, 0) is 57.0 Å². The molecule has 1 aromatic rings. The van der Waals surface area contributed by atoms with Crippen LogP contribution in [0.1, 0.15) is 31.2 Å². The third-order valence-electron chi connectivity index (χ3n) is 6.13. The summed E-state index contributed by atoms with van der Waals surface area (Å²) in [6.07, 6.45) is -0.0461. The zero-order chi connectivity index (χ0) is 23.1. The Morgan fingerprint density at radius 3 is 2.31 bits per heavy atom. The molecule has 0 spiro atoms. The maximum Gasteiger partial charge on any atom is 0.405 e. The number of nitrogens with one attached hydrogen (secondary N) is 4. The van der Waals surface area contributed by atoms with Gasteiger partial charge in [0.2, 0.25) is 0 Å². The molecule has 178 valence electrons. The molecule has 3 rings (SSSR count). The van der Waals surface area contributed by atoms with Gasteiger partial charge in [0.25, 0.3) is 5.91 Å². The number of hydrogen-bond acceptors (Lipinski definition) is 6. The highest BCUT2D eigenvalue weighted by Gasteiger charge is 2.27. The van der Waals surface area contributed by atoms with Crippen molar-refractivity contribution < 1.29 is 18.0 Å². The van der Waals surface area contributed by atoms with Crippen molar-refractivity contribution >= 4 is 23.0 Å². The first-order valence-corrected chi connectivity index (χ1v) is 11.2. The van der Waals surface area contributed by atoms with Crippen molar-refractivity contribution in [3.63, 3.8) is 0 Å². The van der Waals surface area contributed by atoms with Gasteiger partial charge in [0.1, 0.15) is 12.3 Å². The molecule has 0 saturated carbocycles. The molecule has 10 heteroatoms. The van der Waals surface area contributed by atoms with Crippen LogP contribution in [0.5, 0.6) is 0 Å². The predicted octanol–water partition coefficient (Wildman–Crippen LogP) is 2.75. The van der Waals surface area contributed by atoms with Gasteiger partial charge in [-0.15, -0.1) is 0 Å². The summed E-state index contributed by atoms with van der Waals surface area (Å²) in [5, 5.41) is 16.4. The molecular weight excluding hydrogens is 421 g/mol. The summed E-state index contributed by atoms with van der Waals surface area (Å²) in [5.41, 5.74) is 0.845. The monoisotopic (exact) mass is 454 g/mol. The third kappa shape index (κ3) is 7.09. The number of halogens is 3. The lowest BCUT2D eigenvalue weighted by Crippen LogP contribution is -2.47. The first-order valence-electron chi connectivity index (χ1n) is 11.2. The van der Waals surface area contributed by atoms with Crippen molar-refractivity contribution in [1.29, 1.82) is 5.41 Å². The van der Waals surface area contributed by atoms with Gasteiger partial charge in [-0.25, -0.2) is 0 Å². The van der Waals surface area contributed by atoms with Gasteiger partial charge in [0.15, 0.2) is 0 Å². The maximum atomic E-state index is 12.7. The Labute approximate surface area is 187 Å². The quantitative estimate of drug-likeness (QED) is 0.432. The van der Waals surface area contributed by atoms with Crippen molar-refractivity contribution in [3.8, 4) is 0 Å². The topological polar surface area (TPSA) is 83.5 Å². The van der Waals surface area contributed by atoms with E-state index in [9.17, 15) is 18.0 Å². The van der Waals surface area contributed by atoms with Crippen LogP contribution in [0.2, 0.25) is 0 Å². The number of alkyl halides is 3. The summed E-state index contributed by atoms with van der Waals surface area (Å²) in [6.45, 7) is 5.25. The summed E-state index contributed by atoms with van der Waals surface area (Å²) in [6, 6.07) is 4.44. The molecule has 0 aromatic heterocycles. The highest BCUT2D eigenvalue weighted by atomic mass is 19.4. The fraction of sp³-hybridized carbons (Fsp3) is 0.636. The molecular formula is C22H33F3N6O. The second kappa shape index (κ2) is 11.0. The minimum Gasteiger partial charge on any atom is -0.388 e. The molecule has 1 aromatic carbocycles. The first-order chi connectivity index (χ1) is 15.2. The van der Waals surface area contributed by atoms with E-state index < -0.39 is 18.6 Å². The number of likely N-dealkylation sites (tertiary alicyclic amines) is 2. The van der Waals surface area contributed by atoms with E-state index in [0.29, 0.717) is 11.3 Å². The summed E-state index contributed by atoms with van der Waals surface area (Å²) in [4.78, 5) is 17.6. The molecule has 0 bridgehead atoms. The average molecular weight is 455 g/mol. The van der Waals surface area contributed by atoms with Gasteiger partial charge in [0, 0.05) is 56.2 Å². The Kier molecular flexibility index (Phi) is 8.36. The minimum absolute atomic E-state index is 0.0247. The lowest BCUT2D eigenvalue weighted by Gasteiger charge is -2.33. The number of carbonyl (C=O) groups excluding carboxylic acids is 1. The van der Waals surface area contributed by atoms with Crippen molar-refractivity contribution in [2.75, 3.05) is 63.5 Å². The molecule has 2 aliphatic heterocycles. The van der Waals surface area contributed by atoms with Gasteiger partial charge in [-0.3, -0.25) is 10.2 Å². The number of amides is 1. The highest BCUT2D eigenvalue weighted by molar-refractivity contribution is 6.45. The Hall–Kier alpha value is -2.33. The average Bonchev–Trinajstić information content (AvgIpc) is 3.29. The van der Waals surface area contributed by atoms with E-state index in [4.69, 9.17) is 5.41 Å². The SMILES string of the molecule is CNc1cc(NCC(F)(F)F)ccc1C(=N)C(=O)NC1CCN(CCN2CCCC2)CC1. The largest absolute Gasteiger partial charge is 0.405 e. The zero-order valence-corrected chi connectivity index (χ0v) is 18.5. The van der Waals surface area contributed by atoms with Crippen LogP contribution in [0.25, 0.3) is 0 Å². The maximum absolute atomic E-state index is 12.7. The van der Waals surface area contributed by atoms with Crippen molar-refractivity contribution in [1.82, 2.24) is 15.1 Å². The number of nitrogens with zero attached hydrogens (tertiary/aromatic N) is 2. The normalized spacial score (nSPS) is 18.5. The first kappa shape index (κ1) is 24.3. The standard InChI is InChI=1S/C22H33F3N6O/c1-27-19-14-17(28-15-22(23,24)25)4-5-18(19)20(26)21(32)29-16-6-10-31(11-7-16)13-12-30-8-2-3-9-30/h4-5,14,16,26-28H,2-3,6-13,15H2,1H3,(H,29,32). The molecule has 2 aliphatic rings. The van der Waals surface area contributed by atoms with Crippen LogP contribution in [-0.2, 0) is 4.79 Å². The molecule has 2 saturated heterocycles. The molecule has 2 fully saturated rings. The van der Waals surface area contributed by atoms with Crippen LogP contribution in [0.15, 0.2) is 18.2 Å². The van der Waals surface area contributed by atoms with Gasteiger partial charge < -0.3 is 25.8 Å². The van der Waals surface area contributed by atoms with Crippen LogP contribution < -0.4 is 16.0 Å². The summed E-state index contributed by atoms with van der Waals surface area (Å²) in [5.74, 6) is -0.465. The van der Waals surface area contributed by atoms with Gasteiger partial charge in [-0.1, -0.05) is 0 Å². The number of piperidine rings is 1. The molecule has 1 amide bonds. The minimum atomic E-state index is -4.32. The van der Waals surface area contributed by atoms with Crippen LogP contribution in [0.4, 0.5) is 24.5 Å². The number of hydrogen-bond donors (Lipinski definition) is 4. The second-order valence-electron chi connectivity index (χ2n) is 8.49. The molecule has 2 heterocycles. The third-order valence-corrected chi connectivity index (χ3v) is 6.13. The van der Waals surface area contributed by atoms with E-state index in [0.717, 1.165) is 39.0 Å². The second-order valence-corrected chi connectivity index (χ2v) is 8.49. The molecule has 7 nitrogen and oxygen atoms in total. The van der Waals surface area contributed by atoms with E-state index in [1.807, 2.05) is 0 Å². The van der Waals surface area contributed by atoms with Gasteiger partial charge in [-0.2, -0.15) is 13.2 Å². The Morgan fingerprint density at radius 1 is 1.09 bits per heavy atom. The van der Waals surface area contributed by atoms with E-state index in [-0.39, 0.29) is 17.4 Å². The number of carbonyl (C=O) groups is 1. The molecule has 0 radical (unpaired) electrons. The van der Waals surface area contributed by atoms with Crippen molar-refractivity contribution in [3.05, 3.63) is 23.8 Å². The Bertz CT molecular complexity index is 786. The lowest BCUT2D eigenvalue weighted by molar-refractivity contribution is -0.116. The summed E-state index contributed by atoms with van der Waals surface area (Å²) >= 11 is 0. The lowest BCUT2D eigenvalue weighted by atomic mass is 10.0. The molecule has 0 unspecified atom stereocenters. The van der Waals surface area contributed by atoms with Crippen LogP contribution in [0.3, 0.4) is 0 Å². The fourth-order valence-electron chi connectivity index (χ4n) is 4.25. The van der Waals surface area contributed by atoms with Crippen LogP contribution in [0, 0.1) is 5.41 Å². The molecule has 32 heavy (non-hydrogen) atoms. The van der Waals surface area contributed by atoms with Gasteiger partial charge in [0.05, 0.1) is 0 Å². The number of rotatable bonds is 9. The Morgan fingerprint density at radius 2 is 1.72 bits per heavy atom. The van der Waals surface area contributed by atoms with E-state index in [2.05, 4.69) is 25.8 Å².